The monoisotopic (exact) mass is 215 g/mol. The summed E-state index contributed by atoms with van der Waals surface area (Å²) in [4.78, 5) is 4.26. The summed E-state index contributed by atoms with van der Waals surface area (Å²) < 4.78 is 0. The summed E-state index contributed by atoms with van der Waals surface area (Å²) in [7, 11) is 0. The van der Waals surface area contributed by atoms with E-state index in [0.29, 0.717) is 0 Å². The van der Waals surface area contributed by atoms with E-state index in [9.17, 15) is 0 Å². The van der Waals surface area contributed by atoms with Gasteiger partial charge in [0.15, 0.2) is 0 Å². The zero-order valence-electron chi connectivity index (χ0n) is 8.94. The average molecular weight is 215 g/mol. The Morgan fingerprint density at radius 3 is 2.94 bits per heavy atom. The van der Waals surface area contributed by atoms with Crippen molar-refractivity contribution in [2.75, 3.05) is 5.43 Å². The third kappa shape index (κ3) is 2.03. The minimum Gasteiger partial charge on any atom is -0.369 e. The van der Waals surface area contributed by atoms with Crippen molar-refractivity contribution in [1.82, 2.24) is 4.98 Å². The SMILES string of the molecule is Cc1cc2cccnc2cc1NN=C(N)N. The Morgan fingerprint density at radius 1 is 1.38 bits per heavy atom. The van der Waals surface area contributed by atoms with Crippen molar-refractivity contribution in [3.63, 3.8) is 0 Å². The van der Waals surface area contributed by atoms with Crippen LogP contribution < -0.4 is 16.9 Å². The van der Waals surface area contributed by atoms with E-state index in [1.807, 2.05) is 31.2 Å². The summed E-state index contributed by atoms with van der Waals surface area (Å²) in [6, 6.07) is 7.87. The second-order valence-corrected chi connectivity index (χ2v) is 3.51. The molecule has 1 aromatic heterocycles. The van der Waals surface area contributed by atoms with Gasteiger partial charge in [-0.2, -0.15) is 0 Å². The minimum atomic E-state index is 0.000479. The quantitative estimate of drug-likeness (QED) is 0.398. The van der Waals surface area contributed by atoms with Gasteiger partial charge in [-0.15, -0.1) is 5.10 Å². The Morgan fingerprint density at radius 2 is 2.19 bits per heavy atom. The Kier molecular flexibility index (Phi) is 2.59. The number of hydrogen-bond donors (Lipinski definition) is 3. The standard InChI is InChI=1S/C11H13N5/c1-7-5-8-3-2-4-14-10(8)6-9(7)15-16-11(12)13/h2-6,15H,1H3,(H4,12,13,16). The fourth-order valence-corrected chi connectivity index (χ4v) is 1.48. The summed E-state index contributed by atoms with van der Waals surface area (Å²) >= 11 is 0. The zero-order chi connectivity index (χ0) is 11.5. The van der Waals surface area contributed by atoms with Crippen molar-refractivity contribution in [3.8, 4) is 0 Å². The summed E-state index contributed by atoms with van der Waals surface area (Å²) in [5, 5.41) is 4.85. The van der Waals surface area contributed by atoms with Crippen molar-refractivity contribution in [2.45, 2.75) is 6.92 Å². The maximum absolute atomic E-state index is 5.25. The predicted octanol–water partition coefficient (Wildman–Crippen LogP) is 1.14. The molecule has 5 nitrogen and oxygen atoms in total. The molecule has 1 aromatic carbocycles. The molecule has 0 aliphatic rings. The van der Waals surface area contributed by atoms with Crippen LogP contribution in [0.15, 0.2) is 35.6 Å². The summed E-state index contributed by atoms with van der Waals surface area (Å²) in [5.74, 6) is 0.000479. The van der Waals surface area contributed by atoms with Crippen molar-refractivity contribution in [3.05, 3.63) is 36.0 Å². The van der Waals surface area contributed by atoms with Gasteiger partial charge in [0.05, 0.1) is 11.2 Å². The molecule has 5 N–H and O–H groups in total. The number of rotatable bonds is 2. The average Bonchev–Trinajstić information content (AvgIpc) is 2.26. The van der Waals surface area contributed by atoms with E-state index >= 15 is 0 Å². The lowest BCUT2D eigenvalue weighted by Crippen LogP contribution is -2.24. The number of nitrogens with one attached hydrogen (secondary N) is 1. The van der Waals surface area contributed by atoms with Crippen LogP contribution >= 0.6 is 0 Å². The Hall–Kier alpha value is -2.30. The van der Waals surface area contributed by atoms with Gasteiger partial charge in [-0.1, -0.05) is 6.07 Å². The first-order valence-corrected chi connectivity index (χ1v) is 4.87. The molecule has 2 rings (SSSR count). The van der Waals surface area contributed by atoms with Gasteiger partial charge in [0.1, 0.15) is 0 Å². The highest BCUT2D eigenvalue weighted by Gasteiger charge is 2.01. The van der Waals surface area contributed by atoms with Crippen molar-refractivity contribution < 1.29 is 0 Å². The van der Waals surface area contributed by atoms with Gasteiger partial charge in [0.2, 0.25) is 5.96 Å². The molecule has 5 heteroatoms. The normalized spacial score (nSPS) is 10.1. The number of aryl methyl sites for hydroxylation is 1. The van der Waals surface area contributed by atoms with Gasteiger partial charge in [0, 0.05) is 11.6 Å². The molecule has 0 saturated heterocycles. The fourth-order valence-electron chi connectivity index (χ4n) is 1.48. The number of pyridine rings is 1. The molecule has 82 valence electrons. The minimum absolute atomic E-state index is 0.000479. The van der Waals surface area contributed by atoms with E-state index in [-0.39, 0.29) is 5.96 Å². The second kappa shape index (κ2) is 4.06. The largest absolute Gasteiger partial charge is 0.369 e. The summed E-state index contributed by atoms with van der Waals surface area (Å²) in [6.07, 6.45) is 1.75. The number of aromatic nitrogens is 1. The van der Waals surface area contributed by atoms with Crippen LogP contribution in [0.5, 0.6) is 0 Å². The van der Waals surface area contributed by atoms with Gasteiger partial charge < -0.3 is 11.5 Å². The summed E-state index contributed by atoms with van der Waals surface area (Å²) in [5.41, 5.74) is 16.1. The van der Waals surface area contributed by atoms with E-state index in [1.165, 1.54) is 0 Å². The van der Waals surface area contributed by atoms with Crippen molar-refractivity contribution >= 4 is 22.5 Å². The van der Waals surface area contributed by atoms with Gasteiger partial charge in [0.25, 0.3) is 0 Å². The van der Waals surface area contributed by atoms with E-state index in [0.717, 1.165) is 22.2 Å². The highest BCUT2D eigenvalue weighted by atomic mass is 15.3. The van der Waals surface area contributed by atoms with Crippen LogP contribution in [0.2, 0.25) is 0 Å². The third-order valence-corrected chi connectivity index (χ3v) is 2.25. The Labute approximate surface area is 93.2 Å². The molecular formula is C11H13N5. The number of hydrogen-bond acceptors (Lipinski definition) is 3. The molecule has 0 atom stereocenters. The number of hydrazone groups is 1. The maximum Gasteiger partial charge on any atom is 0.208 e. The van der Waals surface area contributed by atoms with E-state index in [2.05, 4.69) is 15.5 Å². The molecular weight excluding hydrogens is 202 g/mol. The molecule has 0 saturated carbocycles. The number of fused-ring (bicyclic) bond motifs is 1. The number of anilines is 1. The second-order valence-electron chi connectivity index (χ2n) is 3.51. The first-order valence-electron chi connectivity index (χ1n) is 4.87. The van der Waals surface area contributed by atoms with Crippen molar-refractivity contribution in [1.29, 1.82) is 0 Å². The Bertz CT molecular complexity index is 543. The van der Waals surface area contributed by atoms with Crippen LogP contribution in [0.1, 0.15) is 5.56 Å². The molecule has 0 aliphatic heterocycles. The molecule has 1 heterocycles. The van der Waals surface area contributed by atoms with E-state index in [4.69, 9.17) is 11.5 Å². The number of nitrogens with zero attached hydrogens (tertiary/aromatic N) is 2. The van der Waals surface area contributed by atoms with Crippen LogP contribution in [0.25, 0.3) is 10.9 Å². The van der Waals surface area contributed by atoms with Gasteiger partial charge in [-0.05, 0) is 30.7 Å². The lowest BCUT2D eigenvalue weighted by Gasteiger charge is -2.06. The van der Waals surface area contributed by atoms with Crippen LogP contribution in [-0.2, 0) is 0 Å². The van der Waals surface area contributed by atoms with Crippen molar-refractivity contribution in [2.24, 2.45) is 16.6 Å². The summed E-state index contributed by atoms with van der Waals surface area (Å²) in [6.45, 7) is 1.98. The molecule has 0 fully saturated rings. The van der Waals surface area contributed by atoms with Crippen LogP contribution in [0.3, 0.4) is 0 Å². The molecule has 0 aliphatic carbocycles. The van der Waals surface area contributed by atoms with E-state index in [1.54, 1.807) is 6.20 Å². The first-order chi connectivity index (χ1) is 7.66. The molecule has 0 bridgehead atoms. The fraction of sp³-hybridized carbons (Fsp3) is 0.0909. The predicted molar refractivity (Wildman–Crippen MR) is 65.9 cm³/mol. The molecule has 0 spiro atoms. The van der Waals surface area contributed by atoms with Gasteiger partial charge >= 0.3 is 0 Å². The molecule has 16 heavy (non-hydrogen) atoms. The number of benzene rings is 1. The lowest BCUT2D eigenvalue weighted by atomic mass is 10.1. The lowest BCUT2D eigenvalue weighted by molar-refractivity contribution is 1.27. The first kappa shape index (κ1) is 10.2. The third-order valence-electron chi connectivity index (χ3n) is 2.25. The molecule has 0 unspecified atom stereocenters. The highest BCUT2D eigenvalue weighted by Crippen LogP contribution is 2.21. The molecule has 0 radical (unpaired) electrons. The maximum atomic E-state index is 5.25. The topological polar surface area (TPSA) is 89.3 Å². The number of guanidine groups is 1. The van der Waals surface area contributed by atoms with Gasteiger partial charge in [-0.25, -0.2) is 0 Å². The van der Waals surface area contributed by atoms with Crippen LogP contribution in [0, 0.1) is 6.92 Å². The smallest absolute Gasteiger partial charge is 0.208 e. The van der Waals surface area contributed by atoms with E-state index < -0.39 is 0 Å². The molecule has 2 aromatic rings. The van der Waals surface area contributed by atoms with Crippen LogP contribution in [-0.4, -0.2) is 10.9 Å². The highest BCUT2D eigenvalue weighted by molar-refractivity contribution is 5.84. The zero-order valence-corrected chi connectivity index (χ0v) is 8.94. The van der Waals surface area contributed by atoms with Gasteiger partial charge in [-0.3, -0.25) is 10.4 Å². The van der Waals surface area contributed by atoms with Crippen LogP contribution in [0.4, 0.5) is 5.69 Å². The Balaban J connectivity index is 2.46. The number of nitrogens with two attached hydrogens (primary N) is 2. The molecule has 0 amide bonds.